The number of hydrogen-bond donors (Lipinski definition) is 1. The molecule has 1 rings (SSSR count). The van der Waals surface area contributed by atoms with Gasteiger partial charge in [0.15, 0.2) is 0 Å². The first-order valence-corrected chi connectivity index (χ1v) is 4.55. The van der Waals surface area contributed by atoms with Gasteiger partial charge in [0.05, 0.1) is 22.6 Å². The zero-order chi connectivity index (χ0) is 9.84. The first-order valence-electron chi connectivity index (χ1n) is 3.83. The minimum Gasteiger partial charge on any atom is -0.478 e. The lowest BCUT2D eigenvalue weighted by Gasteiger charge is -2.02. The molecule has 0 atom stereocenters. The molecule has 2 nitrogen and oxygen atoms in total. The van der Waals surface area contributed by atoms with Crippen LogP contribution < -0.4 is 0 Å². The molecule has 0 fully saturated rings. The van der Waals surface area contributed by atoms with Gasteiger partial charge in [-0.2, -0.15) is 3.89 Å². The molecule has 0 unspecified atom stereocenters. The van der Waals surface area contributed by atoms with Crippen LogP contribution in [0.15, 0.2) is 23.1 Å². The maximum Gasteiger partial charge on any atom is 0.336 e. The summed E-state index contributed by atoms with van der Waals surface area (Å²) in [6.07, 6.45) is 0.748. The number of benzene rings is 1. The van der Waals surface area contributed by atoms with Crippen molar-refractivity contribution in [2.24, 2.45) is 0 Å². The third kappa shape index (κ3) is 2.21. The van der Waals surface area contributed by atoms with Gasteiger partial charge in [0.2, 0.25) is 0 Å². The van der Waals surface area contributed by atoms with Gasteiger partial charge < -0.3 is 5.11 Å². The average molecular weight is 200 g/mol. The fourth-order valence-electron chi connectivity index (χ4n) is 1.03. The minimum atomic E-state index is -1.09. The van der Waals surface area contributed by atoms with E-state index in [-0.39, 0.29) is 22.6 Å². The van der Waals surface area contributed by atoms with E-state index < -0.39 is 5.97 Å². The molecular formula is C9H9FO2S. The zero-order valence-corrected chi connectivity index (χ0v) is 7.90. The largest absolute Gasteiger partial charge is 0.478 e. The summed E-state index contributed by atoms with van der Waals surface area (Å²) >= 11 is -0.0379. The topological polar surface area (TPSA) is 37.3 Å². The van der Waals surface area contributed by atoms with Gasteiger partial charge >= 0.3 is 5.97 Å². The van der Waals surface area contributed by atoms with Crippen LogP contribution in [0.1, 0.15) is 22.8 Å². The second-order valence-electron chi connectivity index (χ2n) is 2.57. The molecule has 1 aromatic carbocycles. The van der Waals surface area contributed by atoms with Crippen molar-refractivity contribution in [3.05, 3.63) is 29.3 Å². The van der Waals surface area contributed by atoms with E-state index in [1.165, 1.54) is 12.1 Å². The Morgan fingerprint density at radius 2 is 2.31 bits per heavy atom. The molecule has 0 aromatic heterocycles. The van der Waals surface area contributed by atoms with E-state index >= 15 is 0 Å². The lowest BCUT2D eigenvalue weighted by Crippen LogP contribution is -1.99. The van der Waals surface area contributed by atoms with E-state index in [0.29, 0.717) is 0 Å². The molecule has 0 amide bonds. The van der Waals surface area contributed by atoms with E-state index in [2.05, 4.69) is 0 Å². The van der Waals surface area contributed by atoms with E-state index in [0.717, 1.165) is 12.0 Å². The molecule has 4 heteroatoms. The zero-order valence-electron chi connectivity index (χ0n) is 7.08. The molecule has 0 aliphatic carbocycles. The molecule has 0 saturated carbocycles. The molecular weight excluding hydrogens is 191 g/mol. The first-order chi connectivity index (χ1) is 6.19. The van der Waals surface area contributed by atoms with E-state index in [9.17, 15) is 8.68 Å². The molecule has 0 aliphatic rings. The van der Waals surface area contributed by atoms with Crippen LogP contribution in [-0.2, 0) is 6.42 Å². The first kappa shape index (κ1) is 10.1. The highest BCUT2D eigenvalue weighted by Crippen LogP contribution is 2.24. The summed E-state index contributed by atoms with van der Waals surface area (Å²) in [5.41, 5.74) is 0.932. The van der Waals surface area contributed by atoms with Gasteiger partial charge in [0, 0.05) is 0 Å². The molecule has 0 bridgehead atoms. The fraction of sp³-hybridized carbons (Fsp3) is 0.222. The normalized spacial score (nSPS) is 10.0. The van der Waals surface area contributed by atoms with Gasteiger partial charge in [-0.05, 0) is 24.1 Å². The lowest BCUT2D eigenvalue weighted by molar-refractivity contribution is 0.0693. The Morgan fingerprint density at radius 1 is 1.62 bits per heavy atom. The summed E-state index contributed by atoms with van der Waals surface area (Å²) in [5, 5.41) is 8.74. The maximum absolute atomic E-state index is 12.2. The summed E-state index contributed by atoms with van der Waals surface area (Å²) in [6, 6.07) is 4.73. The number of rotatable bonds is 3. The second kappa shape index (κ2) is 4.28. The Bertz CT molecular complexity index is 325. The van der Waals surface area contributed by atoms with Crippen LogP contribution in [0.2, 0.25) is 0 Å². The lowest BCUT2D eigenvalue weighted by atomic mass is 10.1. The van der Waals surface area contributed by atoms with Crippen LogP contribution in [0.3, 0.4) is 0 Å². The van der Waals surface area contributed by atoms with E-state index in [1.54, 1.807) is 6.07 Å². The average Bonchev–Trinajstić information content (AvgIpc) is 2.16. The second-order valence-corrected chi connectivity index (χ2v) is 3.16. The molecule has 1 N–H and O–H groups in total. The summed E-state index contributed by atoms with van der Waals surface area (Å²) < 4.78 is 12.2. The molecule has 0 spiro atoms. The number of aryl methyl sites for hydroxylation is 1. The molecule has 1 aromatic rings. The van der Waals surface area contributed by atoms with Crippen molar-refractivity contribution in [3.8, 4) is 0 Å². The van der Waals surface area contributed by atoms with Crippen LogP contribution in [0.5, 0.6) is 0 Å². The Hall–Kier alpha value is -1.03. The SMILES string of the molecule is CCc1ccc(SF)c(C(=O)O)c1. The number of halogens is 1. The van der Waals surface area contributed by atoms with Crippen molar-refractivity contribution >= 4 is 18.1 Å². The summed E-state index contributed by atoms with van der Waals surface area (Å²) in [6.45, 7) is 1.92. The molecule has 0 heterocycles. The summed E-state index contributed by atoms with van der Waals surface area (Å²) in [5.74, 6) is -1.09. The highest BCUT2D eigenvalue weighted by atomic mass is 32.2. The number of aromatic carboxylic acids is 1. The van der Waals surface area contributed by atoms with Crippen molar-refractivity contribution in [2.75, 3.05) is 0 Å². The quantitative estimate of drug-likeness (QED) is 0.815. The maximum atomic E-state index is 12.2. The Labute approximate surface area is 80.1 Å². The Kier molecular flexibility index (Phi) is 3.31. The van der Waals surface area contributed by atoms with Crippen LogP contribution in [0.25, 0.3) is 0 Å². The number of carbonyl (C=O) groups is 1. The van der Waals surface area contributed by atoms with E-state index in [4.69, 9.17) is 5.11 Å². The number of carboxylic acids is 1. The summed E-state index contributed by atoms with van der Waals surface area (Å²) in [4.78, 5) is 10.8. The minimum absolute atomic E-state index is 0.0341. The van der Waals surface area contributed by atoms with Gasteiger partial charge in [-0.25, -0.2) is 4.79 Å². The predicted molar refractivity (Wildman–Crippen MR) is 49.7 cm³/mol. The van der Waals surface area contributed by atoms with Crippen LogP contribution in [0.4, 0.5) is 3.89 Å². The van der Waals surface area contributed by atoms with Crippen molar-refractivity contribution in [3.63, 3.8) is 0 Å². The smallest absolute Gasteiger partial charge is 0.336 e. The monoisotopic (exact) mass is 200 g/mol. The van der Waals surface area contributed by atoms with Gasteiger partial charge in [0.1, 0.15) is 0 Å². The Morgan fingerprint density at radius 3 is 2.77 bits per heavy atom. The molecule has 0 saturated heterocycles. The van der Waals surface area contributed by atoms with Crippen molar-refractivity contribution in [1.29, 1.82) is 0 Å². The molecule has 0 aliphatic heterocycles. The van der Waals surface area contributed by atoms with Crippen LogP contribution >= 0.6 is 12.1 Å². The highest BCUT2D eigenvalue weighted by Gasteiger charge is 2.10. The van der Waals surface area contributed by atoms with Crippen molar-refractivity contribution in [2.45, 2.75) is 18.2 Å². The van der Waals surface area contributed by atoms with Crippen molar-refractivity contribution < 1.29 is 13.8 Å². The standard InChI is InChI=1S/C9H9FO2S/c1-2-6-3-4-8(13-10)7(5-6)9(11)12/h3-5H,2H2,1H3,(H,11,12). The highest BCUT2D eigenvalue weighted by molar-refractivity contribution is 7.94. The van der Waals surface area contributed by atoms with Crippen LogP contribution in [0, 0.1) is 0 Å². The van der Waals surface area contributed by atoms with Gasteiger partial charge in [-0.3, -0.25) is 0 Å². The molecule has 13 heavy (non-hydrogen) atoms. The fourth-order valence-corrected chi connectivity index (χ4v) is 1.38. The van der Waals surface area contributed by atoms with Crippen molar-refractivity contribution in [1.82, 2.24) is 0 Å². The number of carboxylic acid groups (broad SMARTS) is 1. The Balaban J connectivity index is 3.18. The predicted octanol–water partition coefficient (Wildman–Crippen LogP) is 2.92. The van der Waals surface area contributed by atoms with Gasteiger partial charge in [-0.1, -0.05) is 13.0 Å². The van der Waals surface area contributed by atoms with Gasteiger partial charge in [0.25, 0.3) is 0 Å². The van der Waals surface area contributed by atoms with Gasteiger partial charge in [-0.15, -0.1) is 0 Å². The molecule has 70 valence electrons. The van der Waals surface area contributed by atoms with E-state index in [1.807, 2.05) is 6.92 Å². The third-order valence-electron chi connectivity index (χ3n) is 1.77. The molecule has 0 radical (unpaired) electrons. The summed E-state index contributed by atoms with van der Waals surface area (Å²) in [7, 11) is 0. The van der Waals surface area contributed by atoms with Crippen LogP contribution in [-0.4, -0.2) is 11.1 Å². The number of hydrogen-bond acceptors (Lipinski definition) is 2. The third-order valence-corrected chi connectivity index (χ3v) is 2.29.